The van der Waals surface area contributed by atoms with Crippen LogP contribution < -0.4 is 15.4 Å². The summed E-state index contributed by atoms with van der Waals surface area (Å²) in [5.74, 6) is 0.986. The number of unbranched alkanes of at least 4 members (excludes halogenated alkanes) is 1. The zero-order chi connectivity index (χ0) is 20.3. The van der Waals surface area contributed by atoms with E-state index in [4.69, 9.17) is 4.74 Å². The number of nitrogens with one attached hydrogen (secondary N) is 2. The van der Waals surface area contributed by atoms with Crippen LogP contribution in [0.5, 0.6) is 5.75 Å². The molecule has 0 heterocycles. The van der Waals surface area contributed by atoms with Crippen LogP contribution in [0.4, 0.5) is 13.2 Å². The summed E-state index contributed by atoms with van der Waals surface area (Å²) >= 11 is 0. The smallest absolute Gasteiger partial charge is 0.389 e. The molecule has 0 fully saturated rings. The lowest BCUT2D eigenvalue weighted by molar-refractivity contribution is -0.135. The van der Waals surface area contributed by atoms with Crippen molar-refractivity contribution in [2.45, 2.75) is 32.0 Å². The van der Waals surface area contributed by atoms with E-state index in [0.717, 1.165) is 11.3 Å². The predicted molar refractivity (Wildman–Crippen MR) is 114 cm³/mol. The fourth-order valence-electron chi connectivity index (χ4n) is 2.05. The van der Waals surface area contributed by atoms with Crippen LogP contribution in [0.15, 0.2) is 29.3 Å². The third kappa shape index (κ3) is 11.9. The molecule has 0 saturated carbocycles. The Morgan fingerprint density at radius 3 is 2.32 bits per heavy atom. The van der Waals surface area contributed by atoms with Gasteiger partial charge in [-0.3, -0.25) is 4.79 Å². The molecule has 0 bridgehead atoms. The second kappa shape index (κ2) is 13.5. The normalized spacial score (nSPS) is 11.4. The molecule has 6 nitrogen and oxygen atoms in total. The molecule has 0 saturated heterocycles. The molecule has 1 aromatic carbocycles. The van der Waals surface area contributed by atoms with Crippen molar-refractivity contribution in [3.8, 4) is 5.75 Å². The number of benzene rings is 1. The van der Waals surface area contributed by atoms with Gasteiger partial charge in [0.1, 0.15) is 5.75 Å². The van der Waals surface area contributed by atoms with E-state index in [-0.39, 0.29) is 42.8 Å². The fraction of sp³-hybridized carbons (Fsp3) is 0.556. The molecule has 2 N–H and O–H groups in total. The Labute approximate surface area is 180 Å². The van der Waals surface area contributed by atoms with E-state index in [1.54, 1.807) is 21.2 Å². The minimum absolute atomic E-state index is 0. The summed E-state index contributed by atoms with van der Waals surface area (Å²) in [6, 6.07) is 7.37. The van der Waals surface area contributed by atoms with E-state index < -0.39 is 12.6 Å². The molecule has 0 aliphatic rings. The van der Waals surface area contributed by atoms with Crippen molar-refractivity contribution in [1.82, 2.24) is 15.5 Å². The zero-order valence-electron chi connectivity index (χ0n) is 16.3. The van der Waals surface area contributed by atoms with Crippen LogP contribution in [0, 0.1) is 0 Å². The second-order valence-corrected chi connectivity index (χ2v) is 6.15. The van der Waals surface area contributed by atoms with Crippen molar-refractivity contribution in [2.24, 2.45) is 4.99 Å². The summed E-state index contributed by atoms with van der Waals surface area (Å²) in [6.07, 6.45) is -4.55. The van der Waals surface area contributed by atoms with Gasteiger partial charge in [-0.05, 0) is 30.5 Å². The van der Waals surface area contributed by atoms with E-state index in [0.29, 0.717) is 25.5 Å². The average Bonchev–Trinajstić information content (AvgIpc) is 2.62. The predicted octanol–water partition coefficient (Wildman–Crippen LogP) is 3.17. The molecule has 0 aliphatic heterocycles. The lowest BCUT2D eigenvalue weighted by Crippen LogP contribution is -2.43. The molecule has 0 aliphatic carbocycles. The summed E-state index contributed by atoms with van der Waals surface area (Å²) in [7, 11) is 4.87. The van der Waals surface area contributed by atoms with E-state index in [1.807, 2.05) is 24.3 Å². The third-order valence-electron chi connectivity index (χ3n) is 3.66. The number of nitrogens with zero attached hydrogens (tertiary/aromatic N) is 2. The molecule has 0 spiro atoms. The van der Waals surface area contributed by atoms with E-state index >= 15 is 0 Å². The van der Waals surface area contributed by atoms with Gasteiger partial charge in [-0.25, -0.2) is 4.99 Å². The molecule has 1 amide bonds. The molecule has 28 heavy (non-hydrogen) atoms. The first-order valence-corrected chi connectivity index (χ1v) is 8.63. The topological polar surface area (TPSA) is 66.0 Å². The fourth-order valence-corrected chi connectivity index (χ4v) is 2.05. The highest BCUT2D eigenvalue weighted by atomic mass is 127. The van der Waals surface area contributed by atoms with Crippen LogP contribution in [0.3, 0.4) is 0 Å². The number of carbonyl (C=O) groups is 1. The number of likely N-dealkylation sites (N-methyl/N-ethyl adjacent to an activating group) is 1. The van der Waals surface area contributed by atoms with Crippen molar-refractivity contribution in [1.29, 1.82) is 0 Å². The molecule has 0 aromatic heterocycles. The highest BCUT2D eigenvalue weighted by Gasteiger charge is 2.25. The molecule has 0 unspecified atom stereocenters. The minimum Gasteiger partial charge on any atom is -0.497 e. The number of hydrogen-bond acceptors (Lipinski definition) is 3. The van der Waals surface area contributed by atoms with Gasteiger partial charge in [-0.1, -0.05) is 12.1 Å². The molecule has 1 rings (SSSR count). The Morgan fingerprint density at radius 2 is 1.79 bits per heavy atom. The number of rotatable bonds is 9. The van der Waals surface area contributed by atoms with Gasteiger partial charge in [0.05, 0.1) is 20.2 Å². The van der Waals surface area contributed by atoms with Crippen molar-refractivity contribution < 1.29 is 22.7 Å². The van der Waals surface area contributed by atoms with Crippen molar-refractivity contribution in [3.63, 3.8) is 0 Å². The molecular weight excluding hydrogens is 488 g/mol. The molecule has 0 atom stereocenters. The van der Waals surface area contributed by atoms with Gasteiger partial charge in [-0.2, -0.15) is 13.2 Å². The highest BCUT2D eigenvalue weighted by Crippen LogP contribution is 2.21. The van der Waals surface area contributed by atoms with E-state index in [1.165, 1.54) is 4.90 Å². The number of halogens is 4. The number of guanidine groups is 1. The van der Waals surface area contributed by atoms with Crippen LogP contribution >= 0.6 is 24.0 Å². The van der Waals surface area contributed by atoms with Gasteiger partial charge in [-0.15, -0.1) is 24.0 Å². The maximum atomic E-state index is 12.2. The molecule has 0 radical (unpaired) electrons. The van der Waals surface area contributed by atoms with Crippen molar-refractivity contribution in [3.05, 3.63) is 29.8 Å². The number of methoxy groups -OCH3 is 1. The van der Waals surface area contributed by atoms with Crippen molar-refractivity contribution >= 4 is 35.8 Å². The molecule has 1 aromatic rings. The second-order valence-electron chi connectivity index (χ2n) is 6.15. The van der Waals surface area contributed by atoms with Gasteiger partial charge in [0.2, 0.25) is 5.91 Å². The number of alkyl halides is 3. The number of hydrogen-bond donors (Lipinski definition) is 2. The van der Waals surface area contributed by atoms with Gasteiger partial charge < -0.3 is 20.3 Å². The number of amides is 1. The maximum absolute atomic E-state index is 12.2. The lowest BCUT2D eigenvalue weighted by atomic mass is 10.2. The Bertz CT molecular complexity index is 608. The first kappa shape index (κ1) is 26.3. The van der Waals surface area contributed by atoms with E-state index in [9.17, 15) is 18.0 Å². The molecular formula is C18H28F3IN4O2. The first-order valence-electron chi connectivity index (χ1n) is 8.63. The zero-order valence-corrected chi connectivity index (χ0v) is 18.6. The largest absolute Gasteiger partial charge is 0.497 e. The minimum atomic E-state index is -4.14. The average molecular weight is 516 g/mol. The van der Waals surface area contributed by atoms with Gasteiger partial charge in [0.15, 0.2) is 5.96 Å². The SMILES string of the molecule is COc1ccc(CN=C(NCCCCC(F)(F)F)NCC(=O)N(C)C)cc1.I. The van der Waals surface area contributed by atoms with Gasteiger partial charge in [0, 0.05) is 27.1 Å². The standard InChI is InChI=1S/C18H27F3N4O2.HI/c1-25(2)16(26)13-24-17(22-11-5-4-10-18(19,20)21)23-12-14-6-8-15(27-3)9-7-14;/h6-9H,4-5,10-13H2,1-3H3,(H2,22,23,24);1H. The highest BCUT2D eigenvalue weighted by molar-refractivity contribution is 14.0. The quantitative estimate of drug-likeness (QED) is 0.229. The Morgan fingerprint density at radius 1 is 1.14 bits per heavy atom. The summed E-state index contributed by atoms with van der Waals surface area (Å²) in [5, 5.41) is 5.87. The van der Waals surface area contributed by atoms with Crippen LogP contribution in [0.2, 0.25) is 0 Å². The Balaban J connectivity index is 0.00000729. The first-order chi connectivity index (χ1) is 12.7. The van der Waals surface area contributed by atoms with Gasteiger partial charge in [0.25, 0.3) is 0 Å². The van der Waals surface area contributed by atoms with E-state index in [2.05, 4.69) is 15.6 Å². The van der Waals surface area contributed by atoms with Crippen molar-refractivity contribution in [2.75, 3.05) is 34.3 Å². The lowest BCUT2D eigenvalue weighted by Gasteiger charge is -2.15. The Hall–Kier alpha value is -1.72. The van der Waals surface area contributed by atoms with Crippen LogP contribution in [-0.4, -0.2) is 57.2 Å². The number of aliphatic imine (C=N–C) groups is 1. The summed E-state index contributed by atoms with van der Waals surface area (Å²) in [6.45, 7) is 0.739. The summed E-state index contributed by atoms with van der Waals surface area (Å²) in [4.78, 5) is 17.6. The van der Waals surface area contributed by atoms with Crippen LogP contribution in [-0.2, 0) is 11.3 Å². The van der Waals surface area contributed by atoms with Crippen LogP contribution in [0.25, 0.3) is 0 Å². The molecule has 160 valence electrons. The number of carbonyl (C=O) groups excluding carboxylic acids is 1. The monoisotopic (exact) mass is 516 g/mol. The summed E-state index contributed by atoms with van der Waals surface area (Å²) in [5.41, 5.74) is 0.938. The maximum Gasteiger partial charge on any atom is 0.389 e. The summed E-state index contributed by atoms with van der Waals surface area (Å²) < 4.78 is 41.6. The Kier molecular flexibility index (Phi) is 12.6. The number of ether oxygens (including phenoxy) is 1. The van der Waals surface area contributed by atoms with Crippen LogP contribution in [0.1, 0.15) is 24.8 Å². The third-order valence-corrected chi connectivity index (χ3v) is 3.66. The molecule has 10 heteroatoms. The van der Waals surface area contributed by atoms with Gasteiger partial charge >= 0.3 is 6.18 Å².